The molecule has 5 N–H and O–H groups in total. The average molecular weight is 146 g/mol. The summed E-state index contributed by atoms with van der Waals surface area (Å²) in [7, 11) is 0. The van der Waals surface area contributed by atoms with Gasteiger partial charge in [0.2, 0.25) is 0 Å². The van der Waals surface area contributed by atoms with Crippen LogP contribution in [0.1, 0.15) is 6.42 Å². The molecule has 3 atom stereocenters. The lowest BCUT2D eigenvalue weighted by molar-refractivity contribution is -0.0519. The zero-order valence-electron chi connectivity index (χ0n) is 5.86. The van der Waals surface area contributed by atoms with Crippen molar-refractivity contribution >= 4 is 0 Å². The summed E-state index contributed by atoms with van der Waals surface area (Å²) < 4.78 is 5.20. The van der Waals surface area contributed by atoms with Crippen LogP contribution in [0.2, 0.25) is 0 Å². The standard InChI is InChI=1S/C6H14N2O2/c7-2-4-1-6(9)5(8)3-10-4/h4-6,9H,1-3,7-8H2. The van der Waals surface area contributed by atoms with E-state index in [-0.39, 0.29) is 12.1 Å². The van der Waals surface area contributed by atoms with Gasteiger partial charge in [0.25, 0.3) is 0 Å². The van der Waals surface area contributed by atoms with E-state index in [1.54, 1.807) is 0 Å². The molecule has 4 heteroatoms. The molecule has 4 nitrogen and oxygen atoms in total. The first-order chi connectivity index (χ1) is 4.74. The molecule has 0 amide bonds. The summed E-state index contributed by atoms with van der Waals surface area (Å²) in [4.78, 5) is 0. The molecule has 1 heterocycles. The van der Waals surface area contributed by atoms with E-state index >= 15 is 0 Å². The molecule has 0 aliphatic carbocycles. The maximum Gasteiger partial charge on any atom is 0.0738 e. The topological polar surface area (TPSA) is 81.5 Å². The van der Waals surface area contributed by atoms with E-state index in [9.17, 15) is 5.11 Å². The lowest BCUT2D eigenvalue weighted by atomic mass is 10.0. The molecule has 0 aromatic rings. The third kappa shape index (κ3) is 1.67. The molecule has 10 heavy (non-hydrogen) atoms. The number of rotatable bonds is 1. The highest BCUT2D eigenvalue weighted by molar-refractivity contribution is 4.80. The Kier molecular flexibility index (Phi) is 2.62. The van der Waals surface area contributed by atoms with E-state index in [4.69, 9.17) is 16.2 Å². The van der Waals surface area contributed by atoms with Gasteiger partial charge >= 0.3 is 0 Å². The number of ether oxygens (including phenoxy) is 1. The van der Waals surface area contributed by atoms with Crippen molar-refractivity contribution in [2.75, 3.05) is 13.2 Å². The minimum absolute atomic E-state index is 0.00481. The zero-order chi connectivity index (χ0) is 7.56. The van der Waals surface area contributed by atoms with Crippen molar-refractivity contribution in [1.82, 2.24) is 0 Å². The molecule has 0 bridgehead atoms. The quantitative estimate of drug-likeness (QED) is 0.417. The van der Waals surface area contributed by atoms with Crippen LogP contribution < -0.4 is 11.5 Å². The fourth-order valence-corrected chi connectivity index (χ4v) is 1.03. The summed E-state index contributed by atoms with van der Waals surface area (Å²) in [5.41, 5.74) is 10.8. The second kappa shape index (κ2) is 3.30. The molecule has 60 valence electrons. The molecule has 0 aromatic carbocycles. The van der Waals surface area contributed by atoms with Crippen LogP contribution in [0.5, 0.6) is 0 Å². The van der Waals surface area contributed by atoms with Crippen LogP contribution in [0.4, 0.5) is 0 Å². The second-order valence-corrected chi connectivity index (χ2v) is 2.66. The Morgan fingerprint density at radius 3 is 2.80 bits per heavy atom. The highest BCUT2D eigenvalue weighted by Gasteiger charge is 2.25. The van der Waals surface area contributed by atoms with Crippen LogP contribution in [0.15, 0.2) is 0 Å². The van der Waals surface area contributed by atoms with Gasteiger partial charge in [-0.05, 0) is 0 Å². The molecule has 1 rings (SSSR count). The summed E-state index contributed by atoms with van der Waals surface area (Å²) in [6.45, 7) is 0.882. The van der Waals surface area contributed by atoms with Gasteiger partial charge in [-0.2, -0.15) is 0 Å². The van der Waals surface area contributed by atoms with Crippen LogP contribution in [0, 0.1) is 0 Å². The summed E-state index contributed by atoms with van der Waals surface area (Å²) in [6.07, 6.45) is 0.120. The third-order valence-electron chi connectivity index (χ3n) is 1.79. The number of hydrogen-bond acceptors (Lipinski definition) is 4. The molecular weight excluding hydrogens is 132 g/mol. The summed E-state index contributed by atoms with van der Waals surface area (Å²) in [5, 5.41) is 9.22. The van der Waals surface area contributed by atoms with E-state index in [0.29, 0.717) is 19.6 Å². The minimum Gasteiger partial charge on any atom is -0.391 e. The van der Waals surface area contributed by atoms with E-state index in [2.05, 4.69) is 0 Å². The Bertz CT molecular complexity index is 110. The van der Waals surface area contributed by atoms with Gasteiger partial charge in [0.15, 0.2) is 0 Å². The molecule has 0 aromatic heterocycles. The predicted molar refractivity (Wildman–Crippen MR) is 37.4 cm³/mol. The van der Waals surface area contributed by atoms with Crippen molar-refractivity contribution in [2.24, 2.45) is 11.5 Å². The van der Waals surface area contributed by atoms with Crippen LogP contribution >= 0.6 is 0 Å². The first kappa shape index (κ1) is 7.94. The molecular formula is C6H14N2O2. The molecule has 1 saturated heterocycles. The fourth-order valence-electron chi connectivity index (χ4n) is 1.03. The van der Waals surface area contributed by atoms with Gasteiger partial charge in [0, 0.05) is 13.0 Å². The van der Waals surface area contributed by atoms with Crippen molar-refractivity contribution in [1.29, 1.82) is 0 Å². The van der Waals surface area contributed by atoms with Crippen molar-refractivity contribution in [3.8, 4) is 0 Å². The summed E-state index contributed by atoms with van der Waals surface area (Å²) in [5.74, 6) is 0. The van der Waals surface area contributed by atoms with Gasteiger partial charge in [0.05, 0.1) is 24.9 Å². The van der Waals surface area contributed by atoms with E-state index in [0.717, 1.165) is 0 Å². The number of aliphatic hydroxyl groups excluding tert-OH is 1. The molecule has 0 spiro atoms. The predicted octanol–water partition coefficient (Wildman–Crippen LogP) is -1.58. The molecule has 1 aliphatic rings. The van der Waals surface area contributed by atoms with Crippen molar-refractivity contribution in [3.05, 3.63) is 0 Å². The van der Waals surface area contributed by atoms with Crippen LogP contribution in [0.3, 0.4) is 0 Å². The Balaban J connectivity index is 2.33. The van der Waals surface area contributed by atoms with Crippen molar-refractivity contribution in [2.45, 2.75) is 24.7 Å². The van der Waals surface area contributed by atoms with Gasteiger partial charge in [-0.25, -0.2) is 0 Å². The summed E-state index contributed by atoms with van der Waals surface area (Å²) >= 11 is 0. The van der Waals surface area contributed by atoms with Gasteiger partial charge in [-0.15, -0.1) is 0 Å². The Morgan fingerprint density at radius 2 is 2.30 bits per heavy atom. The third-order valence-corrected chi connectivity index (χ3v) is 1.79. The minimum atomic E-state index is -0.442. The fraction of sp³-hybridized carbons (Fsp3) is 1.00. The maximum absolute atomic E-state index is 9.22. The van der Waals surface area contributed by atoms with Gasteiger partial charge in [-0.1, -0.05) is 0 Å². The molecule has 3 unspecified atom stereocenters. The number of nitrogens with two attached hydrogens (primary N) is 2. The Hall–Kier alpha value is -0.160. The largest absolute Gasteiger partial charge is 0.391 e. The van der Waals surface area contributed by atoms with E-state index in [1.807, 2.05) is 0 Å². The highest BCUT2D eigenvalue weighted by atomic mass is 16.5. The zero-order valence-corrected chi connectivity index (χ0v) is 5.86. The van der Waals surface area contributed by atoms with Gasteiger partial charge in [-0.3, -0.25) is 0 Å². The summed E-state index contributed by atoms with van der Waals surface area (Å²) in [6, 6.07) is -0.234. The van der Waals surface area contributed by atoms with E-state index in [1.165, 1.54) is 0 Å². The Morgan fingerprint density at radius 1 is 1.60 bits per heavy atom. The Labute approximate surface area is 60.1 Å². The van der Waals surface area contributed by atoms with Gasteiger partial charge in [0.1, 0.15) is 0 Å². The lowest BCUT2D eigenvalue weighted by Gasteiger charge is -2.30. The first-order valence-corrected chi connectivity index (χ1v) is 3.49. The first-order valence-electron chi connectivity index (χ1n) is 3.49. The van der Waals surface area contributed by atoms with Gasteiger partial charge < -0.3 is 21.3 Å². The highest BCUT2D eigenvalue weighted by Crippen LogP contribution is 2.11. The normalized spacial score (nSPS) is 41.7. The van der Waals surface area contributed by atoms with Crippen molar-refractivity contribution < 1.29 is 9.84 Å². The van der Waals surface area contributed by atoms with Crippen LogP contribution in [-0.2, 0) is 4.74 Å². The average Bonchev–Trinajstić information content (AvgIpc) is 1.95. The smallest absolute Gasteiger partial charge is 0.0738 e. The van der Waals surface area contributed by atoms with Crippen molar-refractivity contribution in [3.63, 3.8) is 0 Å². The number of aliphatic hydroxyl groups is 1. The molecule has 0 radical (unpaired) electrons. The number of hydrogen-bond donors (Lipinski definition) is 3. The second-order valence-electron chi connectivity index (χ2n) is 2.66. The van der Waals surface area contributed by atoms with Crippen LogP contribution in [-0.4, -0.2) is 36.5 Å². The monoisotopic (exact) mass is 146 g/mol. The lowest BCUT2D eigenvalue weighted by Crippen LogP contribution is -2.48. The molecule has 1 aliphatic heterocycles. The SMILES string of the molecule is NCC1CC(O)C(N)CO1. The van der Waals surface area contributed by atoms with E-state index < -0.39 is 6.10 Å². The van der Waals surface area contributed by atoms with Crippen LogP contribution in [0.25, 0.3) is 0 Å². The molecule has 0 saturated carbocycles. The molecule has 1 fully saturated rings. The maximum atomic E-state index is 9.22.